The molecule has 0 aromatic heterocycles. The zero-order valence-corrected chi connectivity index (χ0v) is 18.1. The molecule has 174 valence electrons. The number of amides is 3. The summed E-state index contributed by atoms with van der Waals surface area (Å²) in [5, 5.41) is 2.59. The van der Waals surface area contributed by atoms with Crippen molar-refractivity contribution in [1.29, 1.82) is 0 Å². The van der Waals surface area contributed by atoms with Crippen molar-refractivity contribution in [2.45, 2.75) is 31.2 Å². The van der Waals surface area contributed by atoms with Crippen molar-refractivity contribution >= 4 is 29.2 Å². The van der Waals surface area contributed by atoms with Gasteiger partial charge in [0.2, 0.25) is 5.91 Å². The molecule has 7 nitrogen and oxygen atoms in total. The predicted octanol–water partition coefficient (Wildman–Crippen LogP) is 2.58. The Bertz CT molecular complexity index is 937. The number of morpholine rings is 1. The lowest BCUT2D eigenvalue weighted by Gasteiger charge is -2.49. The maximum Gasteiger partial charge on any atom is 0.417 e. The monoisotopic (exact) mass is 472 g/mol. The predicted molar refractivity (Wildman–Crippen MR) is 111 cm³/mol. The zero-order chi connectivity index (χ0) is 22.7. The second-order valence-corrected chi connectivity index (χ2v) is 9.64. The number of hydrogen-bond acceptors (Lipinski definition) is 4. The summed E-state index contributed by atoms with van der Waals surface area (Å²) < 4.78 is 45.1. The van der Waals surface area contributed by atoms with Crippen LogP contribution in [0.5, 0.6) is 0 Å². The number of carbonyl (C=O) groups excluding carboxylic acids is 2. The maximum atomic E-state index is 13.2. The van der Waals surface area contributed by atoms with Gasteiger partial charge >= 0.3 is 12.2 Å². The van der Waals surface area contributed by atoms with Gasteiger partial charge in [-0.15, -0.1) is 0 Å². The molecule has 3 amide bonds. The first-order valence-electron chi connectivity index (χ1n) is 10.7. The van der Waals surface area contributed by atoms with Crippen LogP contribution in [0, 0.1) is 5.41 Å². The van der Waals surface area contributed by atoms with E-state index in [0.29, 0.717) is 51.4 Å². The van der Waals surface area contributed by atoms with Crippen molar-refractivity contribution in [3.8, 4) is 0 Å². The Morgan fingerprint density at radius 3 is 2.72 bits per heavy atom. The molecule has 0 radical (unpaired) electrons. The van der Waals surface area contributed by atoms with Crippen molar-refractivity contribution in [3.63, 3.8) is 0 Å². The van der Waals surface area contributed by atoms with Crippen LogP contribution < -0.4 is 10.2 Å². The highest BCUT2D eigenvalue weighted by atomic mass is 35.5. The number of anilines is 1. The molecular formula is C21H24ClF3N4O3. The van der Waals surface area contributed by atoms with Crippen molar-refractivity contribution in [1.82, 2.24) is 15.1 Å². The van der Waals surface area contributed by atoms with Gasteiger partial charge in [0.1, 0.15) is 6.61 Å². The van der Waals surface area contributed by atoms with Gasteiger partial charge < -0.3 is 24.8 Å². The van der Waals surface area contributed by atoms with E-state index in [-0.39, 0.29) is 41.1 Å². The SMILES string of the molecule is O=C1CO[C@H]2CCN(C(=O)N3CCC4(C3)CN(c3ccc(Cl)c(C(F)(F)F)c3)C4)C[C@H]2N1. The fraction of sp³-hybridized carbons (Fsp3) is 0.619. The molecule has 0 saturated carbocycles. The van der Waals surface area contributed by atoms with Crippen molar-refractivity contribution in [3.05, 3.63) is 28.8 Å². The topological polar surface area (TPSA) is 65.1 Å². The van der Waals surface area contributed by atoms with E-state index in [4.69, 9.17) is 16.3 Å². The number of halogens is 4. The third-order valence-corrected chi connectivity index (χ3v) is 7.31. The minimum atomic E-state index is -4.50. The Morgan fingerprint density at radius 2 is 1.97 bits per heavy atom. The van der Waals surface area contributed by atoms with Gasteiger partial charge in [-0.25, -0.2) is 4.79 Å². The summed E-state index contributed by atoms with van der Waals surface area (Å²) in [6.07, 6.45) is -3.05. The number of fused-ring (bicyclic) bond motifs is 1. The van der Waals surface area contributed by atoms with Crippen LogP contribution in [0.1, 0.15) is 18.4 Å². The van der Waals surface area contributed by atoms with Gasteiger partial charge in [0.25, 0.3) is 0 Å². The molecule has 32 heavy (non-hydrogen) atoms. The molecule has 11 heteroatoms. The smallest absolute Gasteiger partial charge is 0.370 e. The van der Waals surface area contributed by atoms with E-state index < -0.39 is 11.7 Å². The van der Waals surface area contributed by atoms with E-state index in [0.717, 1.165) is 12.5 Å². The molecule has 1 spiro atoms. The highest BCUT2D eigenvalue weighted by molar-refractivity contribution is 6.31. The Kier molecular flexibility index (Phi) is 5.20. The maximum absolute atomic E-state index is 13.2. The lowest BCUT2D eigenvalue weighted by atomic mass is 9.78. The number of piperidine rings is 1. The molecule has 4 heterocycles. The summed E-state index contributed by atoms with van der Waals surface area (Å²) >= 11 is 5.73. The standard InChI is InChI=1S/C21H24ClF3N4O3/c22-15-2-1-13(7-14(15)21(23,24)25)29-11-20(12-29)4-6-28(10-20)19(31)27-5-3-17-16(8-27)26-18(30)9-32-17/h1-2,7,16-17H,3-6,8-12H2,(H,26,30)/t16-,17+/m1/s1. The molecule has 1 N–H and O–H groups in total. The van der Waals surface area contributed by atoms with Gasteiger partial charge in [-0.05, 0) is 31.0 Å². The summed E-state index contributed by atoms with van der Waals surface area (Å²) in [5.41, 5.74) is -0.441. The van der Waals surface area contributed by atoms with Crippen molar-refractivity contribution < 1.29 is 27.5 Å². The number of carbonyl (C=O) groups is 2. The van der Waals surface area contributed by atoms with Gasteiger partial charge in [0, 0.05) is 50.4 Å². The zero-order valence-electron chi connectivity index (χ0n) is 17.3. The van der Waals surface area contributed by atoms with E-state index in [2.05, 4.69) is 5.32 Å². The quantitative estimate of drug-likeness (QED) is 0.682. The van der Waals surface area contributed by atoms with Crippen LogP contribution in [-0.2, 0) is 15.7 Å². The fourth-order valence-electron chi connectivity index (χ4n) is 5.30. The molecule has 4 fully saturated rings. The van der Waals surface area contributed by atoms with E-state index in [1.807, 2.05) is 9.80 Å². The number of nitrogens with one attached hydrogen (secondary N) is 1. The Labute approximate surface area is 188 Å². The average molecular weight is 473 g/mol. The third kappa shape index (κ3) is 3.87. The molecule has 0 unspecified atom stereocenters. The third-order valence-electron chi connectivity index (χ3n) is 6.98. The molecule has 0 aliphatic carbocycles. The highest BCUT2D eigenvalue weighted by Crippen LogP contribution is 2.44. The summed E-state index contributed by atoms with van der Waals surface area (Å²) in [4.78, 5) is 30.2. The molecule has 2 atom stereocenters. The number of nitrogens with zero attached hydrogens (tertiary/aromatic N) is 3. The van der Waals surface area contributed by atoms with Crippen LogP contribution in [0.2, 0.25) is 5.02 Å². The molecule has 1 aromatic rings. The van der Waals surface area contributed by atoms with Gasteiger partial charge in [-0.1, -0.05) is 11.6 Å². The lowest BCUT2D eigenvalue weighted by Crippen LogP contribution is -2.62. The average Bonchev–Trinajstić information content (AvgIpc) is 3.17. The number of likely N-dealkylation sites (tertiary alicyclic amines) is 2. The number of ether oxygens (including phenoxy) is 1. The minimum Gasteiger partial charge on any atom is -0.370 e. The summed E-state index contributed by atoms with van der Waals surface area (Å²) in [7, 11) is 0. The number of rotatable bonds is 1. The minimum absolute atomic E-state index is 0.0514. The van der Waals surface area contributed by atoms with Crippen molar-refractivity contribution in [2.75, 3.05) is 50.8 Å². The Morgan fingerprint density at radius 1 is 1.19 bits per heavy atom. The number of benzene rings is 1. The van der Waals surface area contributed by atoms with E-state index in [1.54, 1.807) is 11.0 Å². The summed E-state index contributed by atoms with van der Waals surface area (Å²) in [6.45, 7) is 3.48. The lowest BCUT2D eigenvalue weighted by molar-refractivity contribution is -0.139. The Hall–Kier alpha value is -2.20. The van der Waals surface area contributed by atoms with Gasteiger partial charge in [-0.3, -0.25) is 4.79 Å². The molecule has 4 aliphatic heterocycles. The molecule has 1 aromatic carbocycles. The van der Waals surface area contributed by atoms with Crippen molar-refractivity contribution in [2.24, 2.45) is 5.41 Å². The van der Waals surface area contributed by atoms with Crippen LogP contribution >= 0.6 is 11.6 Å². The van der Waals surface area contributed by atoms with Crippen LogP contribution in [-0.4, -0.2) is 79.8 Å². The van der Waals surface area contributed by atoms with Crippen LogP contribution in [0.3, 0.4) is 0 Å². The molecule has 0 bridgehead atoms. The second kappa shape index (κ2) is 7.69. The first-order valence-corrected chi connectivity index (χ1v) is 11.1. The molecular weight excluding hydrogens is 449 g/mol. The van der Waals surface area contributed by atoms with E-state index in [1.165, 1.54) is 6.07 Å². The number of alkyl halides is 3. The van der Waals surface area contributed by atoms with E-state index in [9.17, 15) is 22.8 Å². The molecule has 4 saturated heterocycles. The second-order valence-electron chi connectivity index (χ2n) is 9.23. The largest absolute Gasteiger partial charge is 0.417 e. The van der Waals surface area contributed by atoms with Gasteiger partial charge in [-0.2, -0.15) is 13.2 Å². The number of urea groups is 1. The highest BCUT2D eigenvalue weighted by Gasteiger charge is 2.50. The number of hydrogen-bond donors (Lipinski definition) is 1. The van der Waals surface area contributed by atoms with E-state index >= 15 is 0 Å². The van der Waals surface area contributed by atoms with Gasteiger partial charge in [0.05, 0.1) is 22.7 Å². The first kappa shape index (κ1) is 21.6. The Balaban J connectivity index is 1.19. The summed E-state index contributed by atoms with van der Waals surface area (Å²) in [6, 6.07) is 3.75. The summed E-state index contributed by atoms with van der Waals surface area (Å²) in [5.74, 6) is -0.161. The molecule has 4 aliphatic rings. The van der Waals surface area contributed by atoms with Gasteiger partial charge in [0.15, 0.2) is 0 Å². The van der Waals surface area contributed by atoms with Crippen LogP contribution in [0.4, 0.5) is 23.7 Å². The fourth-order valence-corrected chi connectivity index (χ4v) is 5.53. The van der Waals surface area contributed by atoms with Crippen LogP contribution in [0.25, 0.3) is 0 Å². The molecule has 5 rings (SSSR count). The first-order chi connectivity index (χ1) is 15.1. The van der Waals surface area contributed by atoms with Crippen LogP contribution in [0.15, 0.2) is 18.2 Å². The normalized spacial score (nSPS) is 27.2.